The zero-order valence-electron chi connectivity index (χ0n) is 18.5. The van der Waals surface area contributed by atoms with Gasteiger partial charge < -0.3 is 10.1 Å². The highest BCUT2D eigenvalue weighted by molar-refractivity contribution is 7.89. The Morgan fingerprint density at radius 1 is 0.914 bits per heavy atom. The first-order chi connectivity index (χ1) is 16.6. The van der Waals surface area contributed by atoms with Gasteiger partial charge in [-0.25, -0.2) is 13.2 Å². The molecule has 35 heavy (non-hydrogen) atoms. The molecular weight excluding hydrogens is 535 g/mol. The molecule has 0 fully saturated rings. The normalized spacial score (nSPS) is 11.3. The Labute approximate surface area is 218 Å². The lowest BCUT2D eigenvalue weighted by molar-refractivity contribution is -0.116. The van der Waals surface area contributed by atoms with Crippen LogP contribution >= 0.6 is 34.8 Å². The minimum absolute atomic E-state index is 0.0448. The van der Waals surface area contributed by atoms with Gasteiger partial charge in [0.15, 0.2) is 0 Å². The zero-order chi connectivity index (χ0) is 25.6. The standard InChI is InChI=1S/C24H21Cl3N2O5S/c1-2-34-24(31)16-6-10-18(11-7-16)28-23(30)15-29(14-20-21(26)4-3-5-22(20)27)35(32,33)19-12-8-17(25)9-13-19/h3-13H,2,14-15H2,1H3,(H,28,30). The van der Waals surface area contributed by atoms with Crippen molar-refractivity contribution < 1.29 is 22.7 Å². The molecule has 0 saturated heterocycles. The number of carbonyl (C=O) groups excluding carboxylic acids is 2. The van der Waals surface area contributed by atoms with Gasteiger partial charge in [-0.05, 0) is 67.6 Å². The van der Waals surface area contributed by atoms with Gasteiger partial charge in [0.05, 0.1) is 23.6 Å². The van der Waals surface area contributed by atoms with Gasteiger partial charge in [0.1, 0.15) is 0 Å². The number of sulfonamides is 1. The molecule has 3 rings (SSSR count). The number of ether oxygens (including phenoxy) is 1. The molecule has 0 aromatic heterocycles. The van der Waals surface area contributed by atoms with Crippen molar-refractivity contribution in [3.63, 3.8) is 0 Å². The summed E-state index contributed by atoms with van der Waals surface area (Å²) < 4.78 is 32.7. The summed E-state index contributed by atoms with van der Waals surface area (Å²) in [7, 11) is -4.13. The average Bonchev–Trinajstić information content (AvgIpc) is 2.81. The molecule has 0 aliphatic heterocycles. The fraction of sp³-hybridized carbons (Fsp3) is 0.167. The van der Waals surface area contributed by atoms with Crippen LogP contribution in [-0.2, 0) is 26.1 Å². The summed E-state index contributed by atoms with van der Waals surface area (Å²) in [6, 6.07) is 16.4. The van der Waals surface area contributed by atoms with Crippen molar-refractivity contribution >= 4 is 62.4 Å². The summed E-state index contributed by atoms with van der Waals surface area (Å²) in [5, 5.41) is 3.54. The van der Waals surface area contributed by atoms with Crippen LogP contribution in [0.1, 0.15) is 22.8 Å². The maximum absolute atomic E-state index is 13.4. The highest BCUT2D eigenvalue weighted by Crippen LogP contribution is 2.28. The number of hydrogen-bond acceptors (Lipinski definition) is 5. The van der Waals surface area contributed by atoms with Gasteiger partial charge in [0, 0.05) is 32.9 Å². The molecule has 0 atom stereocenters. The third-order valence-corrected chi connectivity index (χ3v) is 7.61. The van der Waals surface area contributed by atoms with Gasteiger partial charge in [0.25, 0.3) is 0 Å². The van der Waals surface area contributed by atoms with Crippen LogP contribution < -0.4 is 5.32 Å². The first kappa shape index (κ1) is 27.0. The molecule has 184 valence electrons. The van der Waals surface area contributed by atoms with Crippen LogP contribution in [0, 0.1) is 0 Å². The van der Waals surface area contributed by atoms with Gasteiger partial charge in [-0.2, -0.15) is 4.31 Å². The van der Waals surface area contributed by atoms with Crippen LogP contribution in [0.25, 0.3) is 0 Å². The van der Waals surface area contributed by atoms with Crippen LogP contribution in [0.2, 0.25) is 15.1 Å². The molecule has 0 heterocycles. The lowest BCUT2D eigenvalue weighted by atomic mass is 10.2. The number of amides is 1. The predicted octanol–water partition coefficient (Wildman–Crippen LogP) is 5.65. The lowest BCUT2D eigenvalue weighted by Gasteiger charge is -2.23. The summed E-state index contributed by atoms with van der Waals surface area (Å²) in [5.74, 6) is -1.09. The van der Waals surface area contributed by atoms with E-state index in [0.29, 0.717) is 21.8 Å². The fourth-order valence-electron chi connectivity index (χ4n) is 3.11. The molecule has 0 spiro atoms. The van der Waals surface area contributed by atoms with E-state index in [9.17, 15) is 18.0 Å². The predicted molar refractivity (Wildman–Crippen MR) is 137 cm³/mol. The third-order valence-electron chi connectivity index (χ3n) is 4.85. The number of halogens is 3. The number of esters is 1. The van der Waals surface area contributed by atoms with E-state index in [1.54, 1.807) is 25.1 Å². The number of nitrogens with one attached hydrogen (secondary N) is 1. The maximum atomic E-state index is 13.4. The van der Waals surface area contributed by atoms with E-state index in [0.717, 1.165) is 4.31 Å². The van der Waals surface area contributed by atoms with Crippen LogP contribution in [0.3, 0.4) is 0 Å². The molecule has 11 heteroatoms. The van der Waals surface area contributed by atoms with E-state index < -0.39 is 28.4 Å². The van der Waals surface area contributed by atoms with E-state index in [1.807, 2.05) is 0 Å². The van der Waals surface area contributed by atoms with E-state index in [2.05, 4.69) is 5.32 Å². The molecule has 0 aliphatic carbocycles. The Bertz CT molecular complexity index is 1290. The molecule has 3 aromatic carbocycles. The van der Waals surface area contributed by atoms with E-state index in [-0.39, 0.29) is 28.1 Å². The summed E-state index contributed by atoms with van der Waals surface area (Å²) in [6.45, 7) is 1.18. The third kappa shape index (κ3) is 6.96. The minimum Gasteiger partial charge on any atom is -0.462 e. The Balaban J connectivity index is 1.85. The Hall–Kier alpha value is -2.62. The van der Waals surface area contributed by atoms with Crippen LogP contribution in [0.15, 0.2) is 71.6 Å². The number of anilines is 1. The van der Waals surface area contributed by atoms with Gasteiger partial charge in [-0.3, -0.25) is 4.79 Å². The average molecular weight is 556 g/mol. The summed E-state index contributed by atoms with van der Waals surface area (Å²) in [4.78, 5) is 24.6. The SMILES string of the molecule is CCOC(=O)c1ccc(NC(=O)CN(Cc2c(Cl)cccc2Cl)S(=O)(=O)c2ccc(Cl)cc2)cc1. The molecule has 1 amide bonds. The van der Waals surface area contributed by atoms with Crippen molar-refractivity contribution in [2.75, 3.05) is 18.5 Å². The zero-order valence-corrected chi connectivity index (χ0v) is 21.6. The number of benzene rings is 3. The van der Waals surface area contributed by atoms with Crippen LogP contribution in [0.4, 0.5) is 5.69 Å². The molecule has 1 N–H and O–H groups in total. The highest BCUT2D eigenvalue weighted by Gasteiger charge is 2.28. The molecular formula is C24H21Cl3N2O5S. The van der Waals surface area contributed by atoms with Gasteiger partial charge in [-0.1, -0.05) is 40.9 Å². The smallest absolute Gasteiger partial charge is 0.338 e. The van der Waals surface area contributed by atoms with Crippen molar-refractivity contribution in [1.29, 1.82) is 0 Å². The molecule has 0 radical (unpaired) electrons. The highest BCUT2D eigenvalue weighted by atomic mass is 35.5. The van der Waals surface area contributed by atoms with E-state index in [1.165, 1.54) is 48.5 Å². The summed E-state index contributed by atoms with van der Waals surface area (Å²) in [6.07, 6.45) is 0. The van der Waals surface area contributed by atoms with E-state index >= 15 is 0 Å². The molecule has 3 aromatic rings. The quantitative estimate of drug-likeness (QED) is 0.344. The first-order valence-corrected chi connectivity index (χ1v) is 12.9. The number of carbonyl (C=O) groups is 2. The molecule has 0 bridgehead atoms. The van der Waals surface area contributed by atoms with Gasteiger partial charge >= 0.3 is 5.97 Å². The van der Waals surface area contributed by atoms with Crippen LogP contribution in [-0.4, -0.2) is 37.8 Å². The van der Waals surface area contributed by atoms with Crippen molar-refractivity contribution in [2.24, 2.45) is 0 Å². The lowest BCUT2D eigenvalue weighted by Crippen LogP contribution is -2.37. The molecule has 7 nitrogen and oxygen atoms in total. The Morgan fingerprint density at radius 3 is 2.09 bits per heavy atom. The topological polar surface area (TPSA) is 92.8 Å². The minimum atomic E-state index is -4.13. The first-order valence-electron chi connectivity index (χ1n) is 10.4. The summed E-state index contributed by atoms with van der Waals surface area (Å²) in [5.41, 5.74) is 1.06. The van der Waals surface area contributed by atoms with Crippen molar-refractivity contribution in [1.82, 2.24) is 4.31 Å². The van der Waals surface area contributed by atoms with Crippen molar-refractivity contribution in [3.05, 3.63) is 92.9 Å². The van der Waals surface area contributed by atoms with Crippen molar-refractivity contribution in [3.8, 4) is 0 Å². The van der Waals surface area contributed by atoms with E-state index in [4.69, 9.17) is 39.5 Å². The summed E-state index contributed by atoms with van der Waals surface area (Å²) >= 11 is 18.4. The maximum Gasteiger partial charge on any atom is 0.338 e. The Kier molecular flexibility index (Phi) is 9.15. The largest absolute Gasteiger partial charge is 0.462 e. The second kappa shape index (κ2) is 11.9. The van der Waals surface area contributed by atoms with Gasteiger partial charge in [-0.15, -0.1) is 0 Å². The van der Waals surface area contributed by atoms with Crippen molar-refractivity contribution in [2.45, 2.75) is 18.4 Å². The number of nitrogens with zero attached hydrogens (tertiary/aromatic N) is 1. The fourth-order valence-corrected chi connectivity index (χ4v) is 5.11. The second-order valence-corrected chi connectivity index (χ2v) is 10.5. The molecule has 0 saturated carbocycles. The Morgan fingerprint density at radius 2 is 1.51 bits per heavy atom. The number of rotatable bonds is 9. The molecule has 0 unspecified atom stereocenters. The number of hydrogen-bond donors (Lipinski definition) is 1. The van der Waals surface area contributed by atoms with Gasteiger partial charge in [0.2, 0.25) is 15.9 Å². The monoisotopic (exact) mass is 554 g/mol. The molecule has 0 aliphatic rings. The second-order valence-electron chi connectivity index (χ2n) is 7.27. The van der Waals surface area contributed by atoms with Crippen LogP contribution in [0.5, 0.6) is 0 Å².